The fourth-order valence-electron chi connectivity index (χ4n) is 1.94. The van der Waals surface area contributed by atoms with Crippen LogP contribution in [0.2, 0.25) is 0 Å². The molecule has 0 radical (unpaired) electrons. The van der Waals surface area contributed by atoms with Crippen LogP contribution in [-0.4, -0.2) is 22.1 Å². The van der Waals surface area contributed by atoms with Gasteiger partial charge >= 0.3 is 5.97 Å². The Bertz CT molecular complexity index is 745. The Balaban J connectivity index is 2.38. The smallest absolute Gasteiger partial charge is 0.310 e. The van der Waals surface area contributed by atoms with Crippen LogP contribution >= 0.6 is 15.9 Å². The van der Waals surface area contributed by atoms with Crippen molar-refractivity contribution < 1.29 is 13.9 Å². The monoisotopic (exact) mass is 356 g/mol. The largest absolute Gasteiger partial charge is 0.466 e. The lowest BCUT2D eigenvalue weighted by Gasteiger charge is -2.12. The molecule has 0 amide bonds. The SMILES string of the molecule is CCOC(=O)C(C)Cn1cnc2cc(F)c(Br)cc2c1=O. The summed E-state index contributed by atoms with van der Waals surface area (Å²) in [6.07, 6.45) is 1.31. The molecule has 0 fully saturated rings. The molecular formula is C14H14BrFN2O3. The second kappa shape index (κ2) is 6.34. The fourth-order valence-corrected chi connectivity index (χ4v) is 2.28. The Kier molecular flexibility index (Phi) is 4.72. The van der Waals surface area contributed by atoms with E-state index in [0.29, 0.717) is 12.0 Å². The minimum atomic E-state index is -0.480. The summed E-state index contributed by atoms with van der Waals surface area (Å²) in [6.45, 7) is 3.85. The lowest BCUT2D eigenvalue weighted by Crippen LogP contribution is -2.27. The molecule has 0 N–H and O–H groups in total. The molecule has 1 unspecified atom stereocenters. The van der Waals surface area contributed by atoms with E-state index in [9.17, 15) is 14.0 Å². The molecule has 112 valence electrons. The Labute approximate surface area is 128 Å². The Hall–Kier alpha value is -1.76. The molecule has 0 aliphatic rings. The molecule has 2 aromatic rings. The molecule has 0 bridgehead atoms. The van der Waals surface area contributed by atoms with E-state index < -0.39 is 11.7 Å². The van der Waals surface area contributed by atoms with Crippen molar-refractivity contribution in [3.05, 3.63) is 39.1 Å². The van der Waals surface area contributed by atoms with Crippen LogP contribution in [0, 0.1) is 11.7 Å². The molecule has 21 heavy (non-hydrogen) atoms. The van der Waals surface area contributed by atoms with Crippen molar-refractivity contribution in [2.75, 3.05) is 6.61 Å². The van der Waals surface area contributed by atoms with Crippen LogP contribution in [0.25, 0.3) is 10.9 Å². The van der Waals surface area contributed by atoms with E-state index in [1.165, 1.54) is 23.0 Å². The number of rotatable bonds is 4. The molecule has 0 spiro atoms. The fraction of sp³-hybridized carbons (Fsp3) is 0.357. The van der Waals surface area contributed by atoms with E-state index in [-0.39, 0.29) is 28.1 Å². The van der Waals surface area contributed by atoms with Crippen LogP contribution in [0.1, 0.15) is 13.8 Å². The molecule has 1 heterocycles. The molecule has 7 heteroatoms. The maximum absolute atomic E-state index is 13.4. The number of fused-ring (bicyclic) bond motifs is 1. The van der Waals surface area contributed by atoms with E-state index in [2.05, 4.69) is 20.9 Å². The summed E-state index contributed by atoms with van der Waals surface area (Å²) < 4.78 is 19.9. The molecule has 0 aliphatic heterocycles. The van der Waals surface area contributed by atoms with Gasteiger partial charge in [-0.3, -0.25) is 14.2 Å². The van der Waals surface area contributed by atoms with E-state index in [4.69, 9.17) is 4.74 Å². The highest BCUT2D eigenvalue weighted by Gasteiger charge is 2.16. The number of carbonyl (C=O) groups is 1. The average molecular weight is 357 g/mol. The third-order valence-corrected chi connectivity index (χ3v) is 3.63. The third-order valence-electron chi connectivity index (χ3n) is 3.03. The molecule has 5 nitrogen and oxygen atoms in total. The predicted molar refractivity (Wildman–Crippen MR) is 79.5 cm³/mol. The number of halogens is 2. The first kappa shape index (κ1) is 15.6. The highest BCUT2D eigenvalue weighted by atomic mass is 79.9. The van der Waals surface area contributed by atoms with Gasteiger partial charge in [0.1, 0.15) is 5.82 Å². The van der Waals surface area contributed by atoms with Crippen LogP contribution in [0.15, 0.2) is 27.7 Å². The summed E-state index contributed by atoms with van der Waals surface area (Å²) in [5, 5.41) is 0.293. The zero-order valence-electron chi connectivity index (χ0n) is 11.6. The first-order valence-electron chi connectivity index (χ1n) is 6.44. The Morgan fingerprint density at radius 2 is 2.24 bits per heavy atom. The number of hydrogen-bond donors (Lipinski definition) is 0. The van der Waals surface area contributed by atoms with Gasteiger partial charge in [0.2, 0.25) is 0 Å². The number of hydrogen-bond acceptors (Lipinski definition) is 4. The van der Waals surface area contributed by atoms with Gasteiger partial charge in [0, 0.05) is 12.6 Å². The number of carbonyl (C=O) groups excluding carboxylic acids is 1. The van der Waals surface area contributed by atoms with Crippen LogP contribution in [-0.2, 0) is 16.1 Å². The van der Waals surface area contributed by atoms with Crippen molar-refractivity contribution in [3.8, 4) is 0 Å². The van der Waals surface area contributed by atoms with Crippen LogP contribution in [0.3, 0.4) is 0 Å². The van der Waals surface area contributed by atoms with Gasteiger partial charge in [-0.15, -0.1) is 0 Å². The van der Waals surface area contributed by atoms with E-state index >= 15 is 0 Å². The highest BCUT2D eigenvalue weighted by molar-refractivity contribution is 9.10. The second-order valence-corrected chi connectivity index (χ2v) is 5.49. The van der Waals surface area contributed by atoms with Gasteiger partial charge in [-0.1, -0.05) is 6.92 Å². The van der Waals surface area contributed by atoms with Crippen molar-refractivity contribution in [3.63, 3.8) is 0 Å². The maximum atomic E-state index is 13.4. The van der Waals surface area contributed by atoms with Crippen LogP contribution < -0.4 is 5.56 Å². The van der Waals surface area contributed by atoms with Crippen LogP contribution in [0.4, 0.5) is 4.39 Å². The summed E-state index contributed by atoms with van der Waals surface area (Å²) in [6, 6.07) is 2.59. The van der Waals surface area contributed by atoms with Crippen molar-refractivity contribution in [2.45, 2.75) is 20.4 Å². The standard InChI is InChI=1S/C14H14BrFN2O3/c1-3-21-14(20)8(2)6-18-7-17-12-5-11(16)10(15)4-9(12)13(18)19/h4-5,7-8H,3,6H2,1-2H3. The van der Waals surface area contributed by atoms with Gasteiger partial charge in [0.15, 0.2) is 0 Å². The third kappa shape index (κ3) is 3.29. The highest BCUT2D eigenvalue weighted by Crippen LogP contribution is 2.19. The van der Waals surface area contributed by atoms with Crippen LogP contribution in [0.5, 0.6) is 0 Å². The summed E-state index contributed by atoms with van der Waals surface area (Å²) in [7, 11) is 0. The number of benzene rings is 1. The lowest BCUT2D eigenvalue weighted by atomic mass is 10.2. The zero-order chi connectivity index (χ0) is 15.6. The normalized spacial score (nSPS) is 12.4. The number of ether oxygens (including phenoxy) is 1. The van der Waals surface area contributed by atoms with E-state index in [1.807, 2.05) is 0 Å². The first-order valence-corrected chi connectivity index (χ1v) is 7.24. The van der Waals surface area contributed by atoms with Gasteiger partial charge in [0.25, 0.3) is 5.56 Å². The quantitative estimate of drug-likeness (QED) is 0.789. The Morgan fingerprint density at radius 3 is 2.90 bits per heavy atom. The minimum absolute atomic E-state index is 0.162. The zero-order valence-corrected chi connectivity index (χ0v) is 13.2. The summed E-state index contributed by atoms with van der Waals surface area (Å²) >= 11 is 3.04. The minimum Gasteiger partial charge on any atom is -0.466 e. The molecule has 2 rings (SSSR count). The second-order valence-electron chi connectivity index (χ2n) is 4.64. The summed E-state index contributed by atoms with van der Waals surface area (Å²) in [4.78, 5) is 28.0. The predicted octanol–water partition coefficient (Wildman–Crippen LogP) is 2.50. The maximum Gasteiger partial charge on any atom is 0.310 e. The lowest BCUT2D eigenvalue weighted by molar-refractivity contribution is -0.147. The molecule has 1 aromatic heterocycles. The van der Waals surface area contributed by atoms with Gasteiger partial charge in [0.05, 0.1) is 34.2 Å². The molecular weight excluding hydrogens is 343 g/mol. The summed E-state index contributed by atoms with van der Waals surface area (Å²) in [5.41, 5.74) is -0.0439. The summed E-state index contributed by atoms with van der Waals surface area (Å²) in [5.74, 6) is -1.32. The van der Waals surface area contributed by atoms with Crippen molar-refractivity contribution in [1.82, 2.24) is 9.55 Å². The van der Waals surface area contributed by atoms with E-state index in [0.717, 1.165) is 0 Å². The molecule has 0 aliphatic carbocycles. The van der Waals surface area contributed by atoms with Gasteiger partial charge in [-0.05, 0) is 28.9 Å². The first-order chi connectivity index (χ1) is 9.93. The van der Waals surface area contributed by atoms with Crippen molar-refractivity contribution >= 4 is 32.8 Å². The van der Waals surface area contributed by atoms with Crippen molar-refractivity contribution in [1.29, 1.82) is 0 Å². The molecule has 1 aromatic carbocycles. The average Bonchev–Trinajstić information content (AvgIpc) is 2.44. The molecule has 1 atom stereocenters. The molecule has 0 saturated heterocycles. The van der Waals surface area contributed by atoms with Gasteiger partial charge in [-0.2, -0.15) is 0 Å². The van der Waals surface area contributed by atoms with Gasteiger partial charge < -0.3 is 4.74 Å². The Morgan fingerprint density at radius 1 is 1.52 bits per heavy atom. The number of esters is 1. The van der Waals surface area contributed by atoms with E-state index in [1.54, 1.807) is 13.8 Å². The topological polar surface area (TPSA) is 61.2 Å². The number of nitrogens with zero attached hydrogens (tertiary/aromatic N) is 2. The molecule has 0 saturated carbocycles. The number of aromatic nitrogens is 2. The van der Waals surface area contributed by atoms with Gasteiger partial charge in [-0.25, -0.2) is 9.37 Å². The van der Waals surface area contributed by atoms with Crippen molar-refractivity contribution in [2.24, 2.45) is 5.92 Å².